The van der Waals surface area contributed by atoms with Crippen LogP contribution in [0.15, 0.2) is 30.3 Å². The molecule has 1 aromatic carbocycles. The zero-order chi connectivity index (χ0) is 11.8. The van der Waals surface area contributed by atoms with E-state index in [4.69, 9.17) is 0 Å². The third kappa shape index (κ3) is 5.29. The maximum Gasteiger partial charge on any atom is 0.0101 e. The number of rotatable bonds is 7. The summed E-state index contributed by atoms with van der Waals surface area (Å²) in [4.78, 5) is 2.20. The van der Waals surface area contributed by atoms with Gasteiger partial charge in [-0.1, -0.05) is 37.3 Å². The average Bonchev–Trinajstić information content (AvgIpc) is 2.29. The lowest BCUT2D eigenvalue weighted by atomic mass is 9.98. The van der Waals surface area contributed by atoms with E-state index in [-0.39, 0.29) is 0 Å². The third-order valence-corrected chi connectivity index (χ3v) is 2.86. The molecule has 1 atom stereocenters. The lowest BCUT2D eigenvalue weighted by Crippen LogP contribution is -2.27. The van der Waals surface area contributed by atoms with Crippen LogP contribution < -0.4 is 5.32 Å². The summed E-state index contributed by atoms with van der Waals surface area (Å²) in [6, 6.07) is 10.7. The Balaban J connectivity index is 2.14. The van der Waals surface area contributed by atoms with Crippen molar-refractivity contribution in [3.05, 3.63) is 35.9 Å². The van der Waals surface area contributed by atoms with Crippen molar-refractivity contribution in [3.63, 3.8) is 0 Å². The minimum absolute atomic E-state index is 0.646. The van der Waals surface area contributed by atoms with Crippen LogP contribution in [0.3, 0.4) is 0 Å². The van der Waals surface area contributed by atoms with Gasteiger partial charge in [0.25, 0.3) is 0 Å². The summed E-state index contributed by atoms with van der Waals surface area (Å²) in [6.45, 7) is 5.58. The minimum atomic E-state index is 0.646. The van der Waals surface area contributed by atoms with Crippen LogP contribution >= 0.6 is 0 Å². The third-order valence-electron chi connectivity index (χ3n) is 2.86. The quantitative estimate of drug-likeness (QED) is 0.710. The zero-order valence-electron chi connectivity index (χ0n) is 10.7. The van der Waals surface area contributed by atoms with Crippen LogP contribution in [0.1, 0.15) is 24.8 Å². The fraction of sp³-hybridized carbons (Fsp3) is 0.571. The first-order valence-corrected chi connectivity index (χ1v) is 6.10. The van der Waals surface area contributed by atoms with Gasteiger partial charge in [0, 0.05) is 13.1 Å². The van der Waals surface area contributed by atoms with Crippen LogP contribution in [0.5, 0.6) is 0 Å². The molecule has 1 unspecified atom stereocenters. The summed E-state index contributed by atoms with van der Waals surface area (Å²) in [5.41, 5.74) is 1.44. The molecule has 0 radical (unpaired) electrons. The van der Waals surface area contributed by atoms with E-state index in [0.717, 1.165) is 19.6 Å². The first-order chi connectivity index (χ1) is 7.70. The van der Waals surface area contributed by atoms with E-state index in [2.05, 4.69) is 61.6 Å². The van der Waals surface area contributed by atoms with E-state index in [1.54, 1.807) is 0 Å². The Morgan fingerprint density at radius 3 is 2.44 bits per heavy atom. The lowest BCUT2D eigenvalue weighted by Gasteiger charge is -2.13. The lowest BCUT2D eigenvalue weighted by molar-refractivity contribution is 0.398. The molecular weight excluding hydrogens is 196 g/mol. The Bertz CT molecular complexity index is 269. The molecule has 2 heteroatoms. The topological polar surface area (TPSA) is 15.3 Å². The van der Waals surface area contributed by atoms with Crippen LogP contribution in [0.4, 0.5) is 0 Å². The van der Waals surface area contributed by atoms with Gasteiger partial charge in [-0.3, -0.25) is 0 Å². The number of hydrogen-bond acceptors (Lipinski definition) is 2. The van der Waals surface area contributed by atoms with Gasteiger partial charge in [-0.15, -0.1) is 0 Å². The van der Waals surface area contributed by atoms with Gasteiger partial charge >= 0.3 is 0 Å². The van der Waals surface area contributed by atoms with Gasteiger partial charge in [0.15, 0.2) is 0 Å². The fourth-order valence-electron chi connectivity index (χ4n) is 1.69. The van der Waals surface area contributed by atoms with E-state index in [1.807, 2.05) is 0 Å². The second kappa shape index (κ2) is 7.42. The first kappa shape index (κ1) is 13.2. The molecule has 1 rings (SSSR count). The molecule has 2 nitrogen and oxygen atoms in total. The van der Waals surface area contributed by atoms with E-state index < -0.39 is 0 Å². The van der Waals surface area contributed by atoms with Crippen LogP contribution in [0.2, 0.25) is 0 Å². The van der Waals surface area contributed by atoms with E-state index in [1.165, 1.54) is 12.0 Å². The van der Waals surface area contributed by atoms with E-state index >= 15 is 0 Å². The van der Waals surface area contributed by atoms with E-state index in [9.17, 15) is 0 Å². The van der Waals surface area contributed by atoms with Crippen molar-refractivity contribution in [2.24, 2.45) is 0 Å². The van der Waals surface area contributed by atoms with Gasteiger partial charge in [-0.25, -0.2) is 0 Å². The molecule has 0 aliphatic carbocycles. The van der Waals surface area contributed by atoms with Crippen LogP contribution in [0.25, 0.3) is 0 Å². The summed E-state index contributed by atoms with van der Waals surface area (Å²) in [5, 5.41) is 3.48. The molecule has 1 N–H and O–H groups in total. The predicted molar refractivity (Wildman–Crippen MR) is 70.9 cm³/mol. The molecule has 0 aliphatic rings. The second-order valence-corrected chi connectivity index (χ2v) is 4.65. The summed E-state index contributed by atoms with van der Waals surface area (Å²) in [5.74, 6) is 0.646. The van der Waals surface area contributed by atoms with Crippen molar-refractivity contribution < 1.29 is 0 Å². The Hall–Kier alpha value is -0.860. The van der Waals surface area contributed by atoms with Crippen molar-refractivity contribution in [2.75, 3.05) is 33.7 Å². The van der Waals surface area contributed by atoms with Crippen LogP contribution in [-0.4, -0.2) is 38.6 Å². The molecule has 0 saturated heterocycles. The Labute approximate surface area is 99.7 Å². The van der Waals surface area contributed by atoms with Crippen LogP contribution in [0, 0.1) is 0 Å². The Morgan fingerprint density at radius 1 is 1.12 bits per heavy atom. The highest BCUT2D eigenvalue weighted by molar-refractivity contribution is 5.18. The minimum Gasteiger partial charge on any atom is -0.315 e. The van der Waals surface area contributed by atoms with Gasteiger partial charge in [-0.05, 0) is 38.5 Å². The number of nitrogens with zero attached hydrogens (tertiary/aromatic N) is 1. The first-order valence-electron chi connectivity index (χ1n) is 6.10. The molecule has 0 bridgehead atoms. The molecule has 0 fully saturated rings. The summed E-state index contributed by atoms with van der Waals surface area (Å²) >= 11 is 0. The number of likely N-dealkylation sites (N-methyl/N-ethyl adjacent to an activating group) is 1. The molecular formula is C14H24N2. The SMILES string of the molecule is CC(CCNCCN(C)C)c1ccccc1. The molecule has 16 heavy (non-hydrogen) atoms. The summed E-state index contributed by atoms with van der Waals surface area (Å²) < 4.78 is 0. The maximum atomic E-state index is 3.48. The fourth-order valence-corrected chi connectivity index (χ4v) is 1.69. The standard InChI is InChI=1S/C14H24N2/c1-13(14-7-5-4-6-8-14)9-10-15-11-12-16(2)3/h4-8,13,15H,9-12H2,1-3H3. The molecule has 0 aliphatic heterocycles. The number of hydrogen-bond donors (Lipinski definition) is 1. The van der Waals surface area contributed by atoms with Crippen molar-refractivity contribution >= 4 is 0 Å². The van der Waals surface area contributed by atoms with Gasteiger partial charge < -0.3 is 10.2 Å². The molecule has 0 aromatic heterocycles. The molecule has 0 heterocycles. The highest BCUT2D eigenvalue weighted by Crippen LogP contribution is 2.17. The summed E-state index contributed by atoms with van der Waals surface area (Å²) in [7, 11) is 4.21. The van der Waals surface area contributed by atoms with Gasteiger partial charge in [0.05, 0.1) is 0 Å². The highest BCUT2D eigenvalue weighted by atomic mass is 15.1. The van der Waals surface area contributed by atoms with Crippen molar-refractivity contribution in [3.8, 4) is 0 Å². The molecule has 0 saturated carbocycles. The summed E-state index contributed by atoms with van der Waals surface area (Å²) in [6.07, 6.45) is 1.21. The largest absolute Gasteiger partial charge is 0.315 e. The van der Waals surface area contributed by atoms with Crippen molar-refractivity contribution in [1.29, 1.82) is 0 Å². The second-order valence-electron chi connectivity index (χ2n) is 4.65. The van der Waals surface area contributed by atoms with Crippen LogP contribution in [-0.2, 0) is 0 Å². The molecule has 90 valence electrons. The number of nitrogens with one attached hydrogen (secondary N) is 1. The molecule has 0 amide bonds. The van der Waals surface area contributed by atoms with Crippen molar-refractivity contribution in [1.82, 2.24) is 10.2 Å². The Morgan fingerprint density at radius 2 is 1.81 bits per heavy atom. The monoisotopic (exact) mass is 220 g/mol. The van der Waals surface area contributed by atoms with E-state index in [0.29, 0.717) is 5.92 Å². The Kier molecular flexibility index (Phi) is 6.12. The normalized spacial score (nSPS) is 13.0. The average molecular weight is 220 g/mol. The molecule has 0 spiro atoms. The molecule has 1 aromatic rings. The van der Waals surface area contributed by atoms with Crippen molar-refractivity contribution in [2.45, 2.75) is 19.3 Å². The zero-order valence-corrected chi connectivity index (χ0v) is 10.7. The predicted octanol–water partition coefficient (Wildman–Crippen LogP) is 2.33. The van der Waals surface area contributed by atoms with Gasteiger partial charge in [0.1, 0.15) is 0 Å². The highest BCUT2D eigenvalue weighted by Gasteiger charge is 2.03. The number of benzene rings is 1. The maximum absolute atomic E-state index is 3.48. The smallest absolute Gasteiger partial charge is 0.0101 e. The van der Waals surface area contributed by atoms with Gasteiger partial charge in [-0.2, -0.15) is 0 Å². The van der Waals surface area contributed by atoms with Gasteiger partial charge in [0.2, 0.25) is 0 Å².